The molecule has 114 valence electrons. The van der Waals surface area contributed by atoms with E-state index in [-0.39, 0.29) is 17.6 Å². The summed E-state index contributed by atoms with van der Waals surface area (Å²) in [4.78, 5) is 4.33. The van der Waals surface area contributed by atoms with Gasteiger partial charge in [0.25, 0.3) is 5.89 Å². The smallest absolute Gasteiger partial charge is 0.267 e. The number of hydrogen-bond acceptors (Lipinski definition) is 5. The molecule has 1 aromatic carbocycles. The van der Waals surface area contributed by atoms with Crippen molar-refractivity contribution in [3.8, 4) is 5.75 Å². The average molecular weight is 310 g/mol. The van der Waals surface area contributed by atoms with E-state index in [9.17, 15) is 0 Å². The van der Waals surface area contributed by atoms with Crippen molar-refractivity contribution in [1.29, 1.82) is 0 Å². The first-order chi connectivity index (χ1) is 9.77. The lowest BCUT2D eigenvalue weighted by atomic mass is 9.87. The van der Waals surface area contributed by atoms with Gasteiger partial charge in [-0.05, 0) is 30.5 Å². The lowest BCUT2D eigenvalue weighted by Crippen LogP contribution is -2.27. The number of hydrogen-bond donors (Lipinski definition) is 1. The van der Waals surface area contributed by atoms with Crippen LogP contribution in [0.3, 0.4) is 0 Å². The van der Waals surface area contributed by atoms with Gasteiger partial charge in [-0.3, -0.25) is 0 Å². The summed E-state index contributed by atoms with van der Waals surface area (Å²) < 4.78 is 11.0. The van der Waals surface area contributed by atoms with E-state index in [4.69, 9.17) is 26.6 Å². The molecule has 0 radical (unpaired) electrons. The van der Waals surface area contributed by atoms with Gasteiger partial charge in [-0.1, -0.05) is 43.6 Å². The highest BCUT2D eigenvalue weighted by atomic mass is 35.5. The Labute approximate surface area is 129 Å². The summed E-state index contributed by atoms with van der Waals surface area (Å²) in [6.45, 7) is 7.92. The molecule has 0 aliphatic carbocycles. The summed E-state index contributed by atoms with van der Waals surface area (Å²) in [5.41, 5.74) is 5.97. The number of halogens is 1. The van der Waals surface area contributed by atoms with Crippen LogP contribution in [0.2, 0.25) is 5.02 Å². The van der Waals surface area contributed by atoms with Crippen LogP contribution in [-0.2, 0) is 0 Å². The van der Waals surface area contributed by atoms with Gasteiger partial charge >= 0.3 is 0 Å². The van der Waals surface area contributed by atoms with Crippen molar-refractivity contribution in [1.82, 2.24) is 10.1 Å². The molecule has 0 fully saturated rings. The van der Waals surface area contributed by atoms with Crippen LogP contribution < -0.4 is 10.5 Å². The molecule has 2 N–H and O–H groups in total. The van der Waals surface area contributed by atoms with Crippen molar-refractivity contribution in [2.45, 2.75) is 39.8 Å². The van der Waals surface area contributed by atoms with E-state index in [0.717, 1.165) is 0 Å². The number of benzene rings is 1. The summed E-state index contributed by atoms with van der Waals surface area (Å²) in [6, 6.07) is 6.86. The first kappa shape index (κ1) is 15.8. The van der Waals surface area contributed by atoms with Crippen LogP contribution in [-0.4, -0.2) is 10.1 Å². The maximum absolute atomic E-state index is 6.11. The molecule has 0 saturated carbocycles. The second kappa shape index (κ2) is 6.03. The molecular formula is C15H20ClN3O2. The molecule has 0 aliphatic rings. The predicted molar refractivity (Wildman–Crippen MR) is 81.2 cm³/mol. The SMILES string of the molecule is CC(Oc1cccc(Cl)c1)c1nc(C(N)C(C)(C)C)no1. The molecule has 1 heterocycles. The highest BCUT2D eigenvalue weighted by Gasteiger charge is 2.28. The molecule has 2 aromatic rings. The summed E-state index contributed by atoms with van der Waals surface area (Å²) >= 11 is 5.92. The molecule has 0 saturated heterocycles. The Morgan fingerprint density at radius 2 is 2.05 bits per heavy atom. The topological polar surface area (TPSA) is 74.2 Å². The van der Waals surface area contributed by atoms with E-state index in [1.165, 1.54) is 0 Å². The van der Waals surface area contributed by atoms with Gasteiger partial charge in [-0.25, -0.2) is 0 Å². The van der Waals surface area contributed by atoms with E-state index in [1.54, 1.807) is 12.1 Å². The molecule has 0 amide bonds. The zero-order chi connectivity index (χ0) is 15.6. The summed E-state index contributed by atoms with van der Waals surface area (Å²) in [7, 11) is 0. The molecule has 2 atom stereocenters. The second-order valence-corrected chi connectivity index (χ2v) is 6.49. The van der Waals surface area contributed by atoms with Crippen LogP contribution in [0.4, 0.5) is 0 Å². The largest absolute Gasteiger partial charge is 0.481 e. The van der Waals surface area contributed by atoms with Crippen molar-refractivity contribution in [2.75, 3.05) is 0 Å². The molecule has 0 aliphatic heterocycles. The van der Waals surface area contributed by atoms with E-state index in [2.05, 4.69) is 10.1 Å². The van der Waals surface area contributed by atoms with Gasteiger partial charge in [0.05, 0.1) is 6.04 Å². The Morgan fingerprint density at radius 3 is 2.67 bits per heavy atom. The van der Waals surface area contributed by atoms with Crippen molar-refractivity contribution < 1.29 is 9.26 Å². The quantitative estimate of drug-likeness (QED) is 0.926. The lowest BCUT2D eigenvalue weighted by molar-refractivity contribution is 0.175. The van der Waals surface area contributed by atoms with E-state index in [1.807, 2.05) is 39.8 Å². The molecule has 6 heteroatoms. The molecule has 21 heavy (non-hydrogen) atoms. The summed E-state index contributed by atoms with van der Waals surface area (Å²) in [5, 5.41) is 4.56. The minimum Gasteiger partial charge on any atom is -0.481 e. The second-order valence-electron chi connectivity index (χ2n) is 6.05. The number of nitrogens with two attached hydrogens (primary N) is 1. The number of ether oxygens (including phenoxy) is 1. The minimum absolute atomic E-state index is 0.141. The number of nitrogens with zero attached hydrogens (tertiary/aromatic N) is 2. The standard InChI is InChI=1S/C15H20ClN3O2/c1-9(20-11-7-5-6-10(16)8-11)14-18-13(19-21-14)12(17)15(2,3)4/h5-9,12H,17H2,1-4H3. The monoisotopic (exact) mass is 309 g/mol. The lowest BCUT2D eigenvalue weighted by Gasteiger charge is -2.23. The third-order valence-corrected chi connectivity index (χ3v) is 3.36. The van der Waals surface area contributed by atoms with Gasteiger partial charge in [0.1, 0.15) is 5.75 Å². The minimum atomic E-state index is -0.378. The first-order valence-electron chi connectivity index (χ1n) is 6.78. The van der Waals surface area contributed by atoms with E-state index < -0.39 is 0 Å². The first-order valence-corrected chi connectivity index (χ1v) is 7.16. The van der Waals surface area contributed by atoms with E-state index >= 15 is 0 Å². The third kappa shape index (κ3) is 3.95. The molecule has 1 aromatic heterocycles. The van der Waals surface area contributed by atoms with Gasteiger partial charge in [-0.15, -0.1) is 0 Å². The van der Waals surface area contributed by atoms with Crippen LogP contribution in [0, 0.1) is 5.41 Å². The van der Waals surface area contributed by atoms with Crippen molar-refractivity contribution >= 4 is 11.6 Å². The van der Waals surface area contributed by atoms with Gasteiger partial charge in [0, 0.05) is 5.02 Å². The number of aromatic nitrogens is 2. The fourth-order valence-corrected chi connectivity index (χ4v) is 1.90. The van der Waals surface area contributed by atoms with Crippen molar-refractivity contribution in [3.05, 3.63) is 41.0 Å². The van der Waals surface area contributed by atoms with Gasteiger partial charge in [-0.2, -0.15) is 4.98 Å². The van der Waals surface area contributed by atoms with Gasteiger partial charge in [0.15, 0.2) is 11.9 Å². The Balaban J connectivity index is 2.10. The molecule has 0 spiro atoms. The molecule has 2 unspecified atom stereocenters. The van der Waals surface area contributed by atoms with Crippen LogP contribution in [0.25, 0.3) is 0 Å². The zero-order valence-electron chi connectivity index (χ0n) is 12.6. The van der Waals surface area contributed by atoms with Crippen LogP contribution in [0.15, 0.2) is 28.8 Å². The Bertz CT molecular complexity index is 607. The number of rotatable bonds is 4. The molecule has 5 nitrogen and oxygen atoms in total. The Kier molecular flexibility index (Phi) is 4.54. The molecule has 2 rings (SSSR count). The van der Waals surface area contributed by atoms with Crippen LogP contribution >= 0.6 is 11.6 Å². The molecule has 0 bridgehead atoms. The fourth-order valence-electron chi connectivity index (χ4n) is 1.72. The third-order valence-electron chi connectivity index (χ3n) is 3.13. The highest BCUT2D eigenvalue weighted by Crippen LogP contribution is 2.30. The van der Waals surface area contributed by atoms with Gasteiger partial charge in [0.2, 0.25) is 0 Å². The van der Waals surface area contributed by atoms with Crippen LogP contribution in [0.1, 0.15) is 51.6 Å². The zero-order valence-corrected chi connectivity index (χ0v) is 13.4. The average Bonchev–Trinajstić information content (AvgIpc) is 2.86. The van der Waals surface area contributed by atoms with Crippen LogP contribution in [0.5, 0.6) is 5.75 Å². The summed E-state index contributed by atoms with van der Waals surface area (Å²) in [5.74, 6) is 1.53. The summed E-state index contributed by atoms with van der Waals surface area (Å²) in [6.07, 6.45) is -0.378. The maximum Gasteiger partial charge on any atom is 0.267 e. The fraction of sp³-hybridized carbons (Fsp3) is 0.467. The Hall–Kier alpha value is -1.59. The Morgan fingerprint density at radius 1 is 1.33 bits per heavy atom. The van der Waals surface area contributed by atoms with Crippen molar-refractivity contribution in [3.63, 3.8) is 0 Å². The van der Waals surface area contributed by atoms with Gasteiger partial charge < -0.3 is 15.0 Å². The molecular weight excluding hydrogens is 290 g/mol. The predicted octanol–water partition coefficient (Wildman–Crippen LogP) is 3.91. The van der Waals surface area contributed by atoms with E-state index in [0.29, 0.717) is 22.5 Å². The maximum atomic E-state index is 6.11. The normalized spacial score (nSPS) is 14.8. The highest BCUT2D eigenvalue weighted by molar-refractivity contribution is 6.30. The van der Waals surface area contributed by atoms with Crippen molar-refractivity contribution in [2.24, 2.45) is 11.1 Å².